The quantitative estimate of drug-likeness (QED) is 0.644. The third-order valence-corrected chi connectivity index (χ3v) is 5.57. The SMILES string of the molecule is CC[C@@H](C)NC(=O)[C@@H](C)N(Cc1ccc(Br)cc1)C(=O)Cc1ccccc1C. The van der Waals surface area contributed by atoms with Gasteiger partial charge < -0.3 is 10.2 Å². The van der Waals surface area contributed by atoms with Crippen molar-refractivity contribution in [3.05, 3.63) is 69.7 Å². The van der Waals surface area contributed by atoms with E-state index < -0.39 is 6.04 Å². The van der Waals surface area contributed by atoms with Gasteiger partial charge in [0, 0.05) is 17.1 Å². The van der Waals surface area contributed by atoms with Gasteiger partial charge in [0.2, 0.25) is 11.8 Å². The number of rotatable bonds is 8. The summed E-state index contributed by atoms with van der Waals surface area (Å²) >= 11 is 3.44. The molecule has 2 aromatic rings. The second kappa shape index (κ2) is 10.4. The van der Waals surface area contributed by atoms with Crippen LogP contribution in [0.5, 0.6) is 0 Å². The standard InChI is InChI=1S/C23H29BrN2O2/c1-5-17(3)25-23(28)18(4)26(15-19-10-12-21(24)13-11-19)22(27)14-20-9-7-6-8-16(20)2/h6-13,17-18H,5,14-15H2,1-4H3,(H,25,28)/t17-,18-/m1/s1. The molecule has 0 bridgehead atoms. The molecule has 2 atom stereocenters. The fourth-order valence-corrected chi connectivity index (χ4v) is 3.17. The van der Waals surface area contributed by atoms with Gasteiger partial charge >= 0.3 is 0 Å². The molecule has 5 heteroatoms. The van der Waals surface area contributed by atoms with Gasteiger partial charge in [-0.3, -0.25) is 9.59 Å². The largest absolute Gasteiger partial charge is 0.352 e. The zero-order chi connectivity index (χ0) is 20.7. The third-order valence-electron chi connectivity index (χ3n) is 5.04. The van der Waals surface area contributed by atoms with Crippen molar-refractivity contribution in [2.45, 2.75) is 59.2 Å². The molecule has 0 aliphatic rings. The zero-order valence-electron chi connectivity index (χ0n) is 17.0. The van der Waals surface area contributed by atoms with E-state index in [1.165, 1.54) is 0 Å². The number of carbonyl (C=O) groups is 2. The van der Waals surface area contributed by atoms with E-state index in [4.69, 9.17) is 0 Å². The Morgan fingerprint density at radius 1 is 1.07 bits per heavy atom. The normalized spacial score (nSPS) is 12.9. The first-order chi connectivity index (χ1) is 13.3. The Morgan fingerprint density at radius 2 is 1.71 bits per heavy atom. The number of nitrogens with zero attached hydrogens (tertiary/aromatic N) is 1. The Morgan fingerprint density at radius 3 is 2.32 bits per heavy atom. The van der Waals surface area contributed by atoms with Crippen molar-refractivity contribution in [1.29, 1.82) is 0 Å². The van der Waals surface area contributed by atoms with Crippen molar-refractivity contribution >= 4 is 27.7 Å². The molecule has 0 spiro atoms. The number of hydrogen-bond donors (Lipinski definition) is 1. The summed E-state index contributed by atoms with van der Waals surface area (Å²) < 4.78 is 0.983. The van der Waals surface area contributed by atoms with Crippen molar-refractivity contribution < 1.29 is 9.59 Å². The molecule has 2 rings (SSSR count). The van der Waals surface area contributed by atoms with E-state index in [2.05, 4.69) is 21.2 Å². The predicted octanol–water partition coefficient (Wildman–Crippen LogP) is 4.63. The molecule has 0 heterocycles. The number of amides is 2. The summed E-state index contributed by atoms with van der Waals surface area (Å²) in [6.07, 6.45) is 1.13. The van der Waals surface area contributed by atoms with Crippen LogP contribution >= 0.6 is 15.9 Å². The van der Waals surface area contributed by atoms with Crippen LogP contribution in [0.15, 0.2) is 53.0 Å². The summed E-state index contributed by atoms with van der Waals surface area (Å²) in [5.41, 5.74) is 3.06. The van der Waals surface area contributed by atoms with Crippen molar-refractivity contribution in [2.24, 2.45) is 0 Å². The Balaban J connectivity index is 2.23. The topological polar surface area (TPSA) is 49.4 Å². The van der Waals surface area contributed by atoms with Crippen LogP contribution in [-0.2, 0) is 22.6 Å². The Bertz CT molecular complexity index is 805. The van der Waals surface area contributed by atoms with Crippen molar-refractivity contribution in [3.63, 3.8) is 0 Å². The minimum atomic E-state index is -0.547. The molecule has 0 aliphatic heterocycles. The van der Waals surface area contributed by atoms with Gasteiger partial charge in [0.25, 0.3) is 0 Å². The molecule has 0 aromatic heterocycles. The van der Waals surface area contributed by atoms with Gasteiger partial charge in [0.1, 0.15) is 6.04 Å². The molecule has 0 fully saturated rings. The van der Waals surface area contributed by atoms with E-state index in [0.29, 0.717) is 6.54 Å². The average molecular weight is 445 g/mol. The molecule has 0 aliphatic carbocycles. The lowest BCUT2D eigenvalue weighted by Gasteiger charge is -2.30. The molecule has 0 saturated carbocycles. The third kappa shape index (κ3) is 6.20. The monoisotopic (exact) mass is 444 g/mol. The maximum absolute atomic E-state index is 13.2. The van der Waals surface area contributed by atoms with Crippen molar-refractivity contribution in [3.8, 4) is 0 Å². The summed E-state index contributed by atoms with van der Waals surface area (Å²) in [5.74, 6) is -0.173. The van der Waals surface area contributed by atoms with Crippen LogP contribution in [0.2, 0.25) is 0 Å². The number of hydrogen-bond acceptors (Lipinski definition) is 2. The maximum Gasteiger partial charge on any atom is 0.242 e. The van der Waals surface area contributed by atoms with Crippen LogP contribution in [0.4, 0.5) is 0 Å². The molecule has 2 amide bonds. The summed E-state index contributed by atoms with van der Waals surface area (Å²) in [4.78, 5) is 27.6. The number of halogens is 1. The van der Waals surface area contributed by atoms with E-state index in [9.17, 15) is 9.59 Å². The van der Waals surface area contributed by atoms with Crippen molar-refractivity contribution in [2.75, 3.05) is 0 Å². The Kier molecular flexibility index (Phi) is 8.24. The Labute approximate surface area is 176 Å². The second-order valence-corrected chi connectivity index (χ2v) is 8.16. The van der Waals surface area contributed by atoms with E-state index in [-0.39, 0.29) is 24.3 Å². The van der Waals surface area contributed by atoms with Crippen LogP contribution in [0, 0.1) is 6.92 Å². The zero-order valence-corrected chi connectivity index (χ0v) is 18.6. The maximum atomic E-state index is 13.2. The molecule has 4 nitrogen and oxygen atoms in total. The average Bonchev–Trinajstić information content (AvgIpc) is 2.68. The van der Waals surface area contributed by atoms with Gasteiger partial charge in [0.15, 0.2) is 0 Å². The van der Waals surface area contributed by atoms with Crippen LogP contribution < -0.4 is 5.32 Å². The van der Waals surface area contributed by atoms with Gasteiger partial charge in [0.05, 0.1) is 6.42 Å². The highest BCUT2D eigenvalue weighted by molar-refractivity contribution is 9.10. The summed E-state index contributed by atoms with van der Waals surface area (Å²) in [6, 6.07) is 15.2. The van der Waals surface area contributed by atoms with E-state index >= 15 is 0 Å². The highest BCUT2D eigenvalue weighted by Crippen LogP contribution is 2.17. The van der Waals surface area contributed by atoms with Crippen molar-refractivity contribution in [1.82, 2.24) is 10.2 Å². The van der Waals surface area contributed by atoms with Gasteiger partial charge in [-0.1, -0.05) is 59.3 Å². The first kappa shape index (κ1) is 22.2. The molecule has 0 unspecified atom stereocenters. The molecule has 1 N–H and O–H groups in total. The number of carbonyl (C=O) groups excluding carboxylic acids is 2. The first-order valence-electron chi connectivity index (χ1n) is 9.70. The lowest BCUT2D eigenvalue weighted by atomic mass is 10.0. The molecule has 28 heavy (non-hydrogen) atoms. The highest BCUT2D eigenvalue weighted by Gasteiger charge is 2.27. The fraction of sp³-hybridized carbons (Fsp3) is 0.391. The summed E-state index contributed by atoms with van der Waals surface area (Å²) in [5, 5.41) is 2.99. The molecule has 0 saturated heterocycles. The number of aryl methyl sites for hydroxylation is 1. The highest BCUT2D eigenvalue weighted by atomic mass is 79.9. The molecule has 150 valence electrons. The fourth-order valence-electron chi connectivity index (χ4n) is 2.91. The van der Waals surface area contributed by atoms with E-state index in [0.717, 1.165) is 27.6 Å². The predicted molar refractivity (Wildman–Crippen MR) is 117 cm³/mol. The van der Waals surface area contributed by atoms with Crippen LogP contribution in [0.25, 0.3) is 0 Å². The van der Waals surface area contributed by atoms with Gasteiger partial charge in [-0.05, 0) is 56.0 Å². The number of nitrogens with one attached hydrogen (secondary N) is 1. The molecular formula is C23H29BrN2O2. The second-order valence-electron chi connectivity index (χ2n) is 7.25. The van der Waals surface area contributed by atoms with Crippen LogP contribution in [-0.4, -0.2) is 28.8 Å². The first-order valence-corrected chi connectivity index (χ1v) is 10.5. The lowest BCUT2D eigenvalue weighted by Crippen LogP contribution is -2.49. The lowest BCUT2D eigenvalue weighted by molar-refractivity contribution is -0.140. The smallest absolute Gasteiger partial charge is 0.242 e. The van der Waals surface area contributed by atoms with Crippen LogP contribution in [0.1, 0.15) is 43.9 Å². The van der Waals surface area contributed by atoms with Gasteiger partial charge in [-0.2, -0.15) is 0 Å². The summed E-state index contributed by atoms with van der Waals surface area (Å²) in [7, 11) is 0. The van der Waals surface area contributed by atoms with E-state index in [1.54, 1.807) is 11.8 Å². The van der Waals surface area contributed by atoms with E-state index in [1.807, 2.05) is 69.3 Å². The number of benzene rings is 2. The Hall–Kier alpha value is -2.14. The van der Waals surface area contributed by atoms with Gasteiger partial charge in [-0.15, -0.1) is 0 Å². The minimum absolute atomic E-state index is 0.0518. The molecule has 2 aromatic carbocycles. The minimum Gasteiger partial charge on any atom is -0.352 e. The van der Waals surface area contributed by atoms with Crippen LogP contribution in [0.3, 0.4) is 0 Å². The molecule has 0 radical (unpaired) electrons. The summed E-state index contributed by atoms with van der Waals surface area (Å²) in [6.45, 7) is 8.19. The molecular weight excluding hydrogens is 416 g/mol. The van der Waals surface area contributed by atoms with Gasteiger partial charge in [-0.25, -0.2) is 0 Å².